The molecule has 2 atom stereocenters. The lowest BCUT2D eigenvalue weighted by Gasteiger charge is -2.17. The van der Waals surface area contributed by atoms with E-state index >= 15 is 0 Å². The first-order valence-electron chi connectivity index (χ1n) is 7.63. The van der Waals surface area contributed by atoms with Crippen LogP contribution in [0.25, 0.3) is 10.1 Å². The number of β-amino-alcohol motifs (C(OH)–C–C–N with tert-alkyl or cyclic N) is 1. The number of sulfonamides is 1. The summed E-state index contributed by atoms with van der Waals surface area (Å²) in [5.74, 6) is -0.221. The number of rotatable bonds is 5. The summed E-state index contributed by atoms with van der Waals surface area (Å²) in [6.45, 7) is 1.90. The second-order valence-corrected chi connectivity index (χ2v) is 9.73. The minimum Gasteiger partial charge on any atom is -0.391 e. The maximum absolute atomic E-state index is 12.0. The van der Waals surface area contributed by atoms with Crippen LogP contribution in [0.5, 0.6) is 0 Å². The van der Waals surface area contributed by atoms with Gasteiger partial charge in [-0.25, -0.2) is 12.7 Å². The predicted molar refractivity (Wildman–Crippen MR) is 94.1 cm³/mol. The Morgan fingerprint density at radius 3 is 2.74 bits per heavy atom. The molecule has 5 nitrogen and oxygen atoms in total. The molecule has 2 aromatic rings. The van der Waals surface area contributed by atoms with Crippen molar-refractivity contribution >= 4 is 31.4 Å². The first-order valence-corrected chi connectivity index (χ1v) is 10.1. The number of aliphatic hydroxyl groups excluding tert-OH is 1. The van der Waals surface area contributed by atoms with Crippen molar-refractivity contribution in [1.29, 1.82) is 0 Å². The third-order valence-corrected chi connectivity index (χ3v) is 7.38. The zero-order valence-corrected chi connectivity index (χ0v) is 15.0. The Morgan fingerprint density at radius 1 is 1.30 bits per heavy atom. The summed E-state index contributed by atoms with van der Waals surface area (Å²) in [7, 11) is -0.215. The van der Waals surface area contributed by atoms with Crippen LogP contribution >= 0.6 is 11.3 Å². The first-order chi connectivity index (χ1) is 10.8. The molecule has 0 bridgehead atoms. The standard InChI is InChI=1S/C16H22N2O3S2/c1-17(2)23(20,21)11-13-8-18(10-15(13)19)9-14-7-12-5-3-4-6-16(12)22-14/h3-7,13,15,19H,8-11H2,1-2H3/t13-,15-/m0/s1. The van der Waals surface area contributed by atoms with E-state index in [0.29, 0.717) is 13.1 Å². The summed E-state index contributed by atoms with van der Waals surface area (Å²) < 4.78 is 26.5. The van der Waals surface area contributed by atoms with Gasteiger partial charge in [-0.2, -0.15) is 0 Å². The number of likely N-dealkylation sites (tertiary alicyclic amines) is 1. The van der Waals surface area contributed by atoms with Crippen molar-refractivity contribution in [3.05, 3.63) is 35.2 Å². The lowest BCUT2D eigenvalue weighted by atomic mass is 10.1. The van der Waals surface area contributed by atoms with Gasteiger partial charge >= 0.3 is 0 Å². The zero-order valence-electron chi connectivity index (χ0n) is 13.3. The second-order valence-electron chi connectivity index (χ2n) is 6.33. The summed E-state index contributed by atoms with van der Waals surface area (Å²) in [6.07, 6.45) is -0.584. The lowest BCUT2D eigenvalue weighted by Crippen LogP contribution is -2.33. The Morgan fingerprint density at radius 2 is 2.04 bits per heavy atom. The van der Waals surface area contributed by atoms with Crippen LogP contribution < -0.4 is 0 Å². The van der Waals surface area contributed by atoms with Gasteiger partial charge in [0, 0.05) is 49.2 Å². The molecule has 0 spiro atoms. The minimum atomic E-state index is -3.28. The molecule has 1 fully saturated rings. The van der Waals surface area contributed by atoms with Crippen LogP contribution in [-0.2, 0) is 16.6 Å². The zero-order chi connectivity index (χ0) is 16.6. The fraction of sp³-hybridized carbons (Fsp3) is 0.500. The molecule has 0 radical (unpaired) electrons. The summed E-state index contributed by atoms with van der Waals surface area (Å²) in [4.78, 5) is 3.39. The van der Waals surface area contributed by atoms with Crippen molar-refractivity contribution in [2.45, 2.75) is 12.6 Å². The van der Waals surface area contributed by atoms with E-state index in [4.69, 9.17) is 0 Å². The highest BCUT2D eigenvalue weighted by Gasteiger charge is 2.35. The summed E-state index contributed by atoms with van der Waals surface area (Å²) in [5, 5.41) is 11.4. The molecule has 3 rings (SSSR count). The highest BCUT2D eigenvalue weighted by atomic mass is 32.2. The van der Waals surface area contributed by atoms with Gasteiger partial charge in [0.2, 0.25) is 10.0 Å². The van der Waals surface area contributed by atoms with Gasteiger partial charge in [-0.15, -0.1) is 11.3 Å². The minimum absolute atomic E-state index is 0.00405. The molecule has 0 aliphatic carbocycles. The molecule has 126 valence electrons. The van der Waals surface area contributed by atoms with E-state index in [9.17, 15) is 13.5 Å². The molecule has 1 aliphatic heterocycles. The summed E-state index contributed by atoms with van der Waals surface area (Å²) in [6, 6.07) is 10.4. The van der Waals surface area contributed by atoms with Gasteiger partial charge in [0.05, 0.1) is 11.9 Å². The third-order valence-electron chi connectivity index (χ3n) is 4.32. The largest absolute Gasteiger partial charge is 0.391 e. The summed E-state index contributed by atoms with van der Waals surface area (Å²) >= 11 is 1.75. The maximum atomic E-state index is 12.0. The van der Waals surface area contributed by atoms with Gasteiger partial charge in [0.15, 0.2) is 0 Å². The van der Waals surface area contributed by atoms with E-state index in [2.05, 4.69) is 23.1 Å². The lowest BCUT2D eigenvalue weighted by molar-refractivity contribution is 0.148. The molecule has 1 aromatic heterocycles. The van der Waals surface area contributed by atoms with Crippen molar-refractivity contribution in [2.75, 3.05) is 32.9 Å². The second kappa shape index (κ2) is 6.49. The number of fused-ring (bicyclic) bond motifs is 1. The summed E-state index contributed by atoms with van der Waals surface area (Å²) in [5.41, 5.74) is 0. The van der Waals surface area contributed by atoms with Crippen LogP contribution in [0.15, 0.2) is 30.3 Å². The number of hydrogen-bond donors (Lipinski definition) is 1. The van der Waals surface area contributed by atoms with Gasteiger partial charge in [0.25, 0.3) is 0 Å². The molecule has 0 unspecified atom stereocenters. The van der Waals surface area contributed by atoms with E-state index in [1.165, 1.54) is 33.4 Å². The van der Waals surface area contributed by atoms with Crippen molar-refractivity contribution in [3.8, 4) is 0 Å². The molecule has 2 heterocycles. The average Bonchev–Trinajstić information content (AvgIpc) is 3.01. The van der Waals surface area contributed by atoms with Gasteiger partial charge in [0.1, 0.15) is 0 Å². The van der Waals surface area contributed by atoms with Crippen LogP contribution in [0.1, 0.15) is 4.88 Å². The SMILES string of the molecule is CN(C)S(=O)(=O)C[C@@H]1CN(Cc2cc3ccccc3s2)C[C@@H]1O. The van der Waals surface area contributed by atoms with Crippen LogP contribution in [0, 0.1) is 5.92 Å². The fourth-order valence-electron chi connectivity index (χ4n) is 2.99. The number of aliphatic hydroxyl groups is 1. The molecule has 1 saturated heterocycles. The Balaban J connectivity index is 1.66. The average molecular weight is 354 g/mol. The Labute approximate surface area is 141 Å². The Bertz CT molecular complexity index is 752. The van der Waals surface area contributed by atoms with Gasteiger partial charge in [-0.05, 0) is 17.5 Å². The van der Waals surface area contributed by atoms with Crippen LogP contribution in [0.3, 0.4) is 0 Å². The molecule has 0 amide bonds. The Kier molecular flexibility index (Phi) is 4.75. The predicted octanol–water partition coefficient (Wildman–Crippen LogP) is 1.59. The smallest absolute Gasteiger partial charge is 0.214 e. The monoisotopic (exact) mass is 354 g/mol. The fourth-order valence-corrected chi connectivity index (χ4v) is 5.26. The van der Waals surface area contributed by atoms with E-state index < -0.39 is 16.1 Å². The van der Waals surface area contributed by atoms with Gasteiger partial charge < -0.3 is 5.11 Å². The van der Waals surface area contributed by atoms with E-state index in [1.54, 1.807) is 11.3 Å². The topological polar surface area (TPSA) is 60.9 Å². The number of benzene rings is 1. The first kappa shape index (κ1) is 16.9. The van der Waals surface area contributed by atoms with E-state index in [1.807, 2.05) is 12.1 Å². The van der Waals surface area contributed by atoms with Crippen molar-refractivity contribution in [1.82, 2.24) is 9.21 Å². The number of nitrogens with zero attached hydrogens (tertiary/aromatic N) is 2. The molecular formula is C16H22N2O3S2. The van der Waals surface area contributed by atoms with Gasteiger partial charge in [-0.1, -0.05) is 18.2 Å². The van der Waals surface area contributed by atoms with E-state index in [0.717, 1.165) is 6.54 Å². The van der Waals surface area contributed by atoms with Crippen LogP contribution in [-0.4, -0.2) is 61.8 Å². The van der Waals surface area contributed by atoms with Crippen molar-refractivity contribution in [3.63, 3.8) is 0 Å². The van der Waals surface area contributed by atoms with Crippen LogP contribution in [0.4, 0.5) is 0 Å². The van der Waals surface area contributed by atoms with Gasteiger partial charge in [-0.3, -0.25) is 4.90 Å². The molecule has 1 aromatic carbocycles. The molecule has 1 N–H and O–H groups in total. The molecule has 7 heteroatoms. The van der Waals surface area contributed by atoms with E-state index in [-0.39, 0.29) is 11.7 Å². The Hall–Kier alpha value is -0.990. The normalized spacial score (nSPS) is 23.1. The maximum Gasteiger partial charge on any atom is 0.214 e. The third kappa shape index (κ3) is 3.75. The van der Waals surface area contributed by atoms with Crippen molar-refractivity contribution < 1.29 is 13.5 Å². The highest BCUT2D eigenvalue weighted by molar-refractivity contribution is 7.89. The molecule has 0 saturated carbocycles. The highest BCUT2D eigenvalue weighted by Crippen LogP contribution is 2.28. The van der Waals surface area contributed by atoms with Crippen molar-refractivity contribution in [2.24, 2.45) is 5.92 Å². The molecular weight excluding hydrogens is 332 g/mol. The molecule has 23 heavy (non-hydrogen) atoms. The molecule has 1 aliphatic rings. The quantitative estimate of drug-likeness (QED) is 0.886. The van der Waals surface area contributed by atoms with Crippen LogP contribution in [0.2, 0.25) is 0 Å². The number of hydrogen-bond acceptors (Lipinski definition) is 5. The number of thiophene rings is 1.